The number of nitrogens with zero attached hydrogens (tertiary/aromatic N) is 2. The van der Waals surface area contributed by atoms with Crippen LogP contribution in [0.3, 0.4) is 0 Å². The summed E-state index contributed by atoms with van der Waals surface area (Å²) >= 11 is 0. The van der Waals surface area contributed by atoms with Gasteiger partial charge in [-0.2, -0.15) is 4.31 Å². The summed E-state index contributed by atoms with van der Waals surface area (Å²) in [7, 11) is -5.33. The number of methoxy groups -OCH3 is 1. The highest BCUT2D eigenvalue weighted by Gasteiger charge is 2.36. The molecular weight excluding hydrogens is 601 g/mol. The zero-order valence-electron chi connectivity index (χ0n) is 24.1. The number of halogens is 1. The van der Waals surface area contributed by atoms with Gasteiger partial charge in [0.15, 0.2) is 5.75 Å². The van der Waals surface area contributed by atoms with Crippen LogP contribution in [-0.2, 0) is 20.0 Å². The van der Waals surface area contributed by atoms with E-state index in [9.17, 15) is 31.1 Å². The molecule has 0 aliphatic carbocycles. The van der Waals surface area contributed by atoms with Crippen molar-refractivity contribution in [3.05, 3.63) is 78.1 Å². The quantitative estimate of drug-likeness (QED) is 0.346. The third kappa shape index (κ3) is 6.93. The van der Waals surface area contributed by atoms with Gasteiger partial charge in [-0.15, -0.1) is 0 Å². The Hall–Kier alpha value is -3.72. The molecule has 4 rings (SSSR count). The molecule has 0 saturated carbocycles. The van der Waals surface area contributed by atoms with Crippen LogP contribution in [0, 0.1) is 11.7 Å². The lowest BCUT2D eigenvalue weighted by atomic mass is 9.99. The van der Waals surface area contributed by atoms with Gasteiger partial charge in [0.05, 0.1) is 47.3 Å². The molecule has 11 nitrogen and oxygen atoms in total. The van der Waals surface area contributed by atoms with Crippen LogP contribution in [0.5, 0.6) is 11.5 Å². The van der Waals surface area contributed by atoms with Crippen molar-refractivity contribution >= 4 is 31.6 Å². The number of aliphatic hydroxyl groups excluding tert-OH is 1. The maximum absolute atomic E-state index is 13.7. The van der Waals surface area contributed by atoms with Crippen molar-refractivity contribution in [2.45, 2.75) is 35.8 Å². The molecule has 0 saturated heterocycles. The number of carbonyl (C=O) groups excluding carboxylic acids is 1. The van der Waals surface area contributed by atoms with Crippen LogP contribution in [0.2, 0.25) is 0 Å². The second-order valence-electron chi connectivity index (χ2n) is 10.3. The Labute approximate surface area is 250 Å². The SMILES string of the molecule is COc1ccc(S(=O)(=O)N(C)C[C@@H]2Oc3c(NS(=O)(=O)c4ccc(F)cc4)cccc3C(=O)N([C@@H](C)CO)C[C@H]2C)cc1. The van der Waals surface area contributed by atoms with E-state index in [0.717, 1.165) is 28.6 Å². The Morgan fingerprint density at radius 1 is 1.07 bits per heavy atom. The van der Waals surface area contributed by atoms with Crippen LogP contribution in [0.1, 0.15) is 24.2 Å². The molecule has 1 aliphatic rings. The molecule has 232 valence electrons. The number of anilines is 1. The smallest absolute Gasteiger partial charge is 0.262 e. The first-order chi connectivity index (χ1) is 20.3. The molecule has 43 heavy (non-hydrogen) atoms. The summed E-state index contributed by atoms with van der Waals surface area (Å²) in [5.74, 6) is -1.17. The zero-order valence-corrected chi connectivity index (χ0v) is 25.7. The number of hydrogen-bond acceptors (Lipinski definition) is 8. The van der Waals surface area contributed by atoms with Crippen molar-refractivity contribution in [1.29, 1.82) is 0 Å². The lowest BCUT2D eigenvalue weighted by Gasteiger charge is -2.38. The molecule has 1 heterocycles. The van der Waals surface area contributed by atoms with Gasteiger partial charge < -0.3 is 19.5 Å². The maximum atomic E-state index is 13.7. The lowest BCUT2D eigenvalue weighted by molar-refractivity contribution is 0.0389. The molecule has 2 N–H and O–H groups in total. The van der Waals surface area contributed by atoms with Gasteiger partial charge in [0.1, 0.15) is 17.7 Å². The van der Waals surface area contributed by atoms with Crippen molar-refractivity contribution in [3.63, 3.8) is 0 Å². The first-order valence-corrected chi connectivity index (χ1v) is 16.3. The molecule has 0 unspecified atom stereocenters. The number of fused-ring (bicyclic) bond motifs is 1. The fourth-order valence-electron chi connectivity index (χ4n) is 4.64. The third-order valence-electron chi connectivity index (χ3n) is 7.26. The number of amides is 1. The van der Waals surface area contributed by atoms with Crippen molar-refractivity contribution in [2.24, 2.45) is 5.92 Å². The Bertz CT molecular complexity index is 1670. The number of rotatable bonds is 10. The number of nitrogens with one attached hydrogen (secondary N) is 1. The van der Waals surface area contributed by atoms with Gasteiger partial charge in [0.2, 0.25) is 10.0 Å². The predicted octanol–water partition coefficient (Wildman–Crippen LogP) is 3.18. The first-order valence-electron chi connectivity index (χ1n) is 13.4. The van der Waals surface area contributed by atoms with E-state index >= 15 is 0 Å². The fourth-order valence-corrected chi connectivity index (χ4v) is 6.88. The Morgan fingerprint density at radius 2 is 1.70 bits per heavy atom. The minimum absolute atomic E-state index is 0.0252. The van der Waals surface area contributed by atoms with Crippen LogP contribution in [0.4, 0.5) is 10.1 Å². The normalized spacial score (nSPS) is 18.3. The van der Waals surface area contributed by atoms with Crippen molar-refractivity contribution in [2.75, 3.05) is 38.6 Å². The number of hydrogen-bond donors (Lipinski definition) is 2. The molecule has 3 atom stereocenters. The van der Waals surface area contributed by atoms with Crippen LogP contribution in [0.25, 0.3) is 0 Å². The first kappa shape index (κ1) is 32.2. The molecular formula is C29H34FN3O8S2. The molecule has 3 aromatic rings. The number of para-hydroxylation sites is 1. The molecule has 14 heteroatoms. The minimum Gasteiger partial charge on any atom is -0.497 e. The Kier molecular flexibility index (Phi) is 9.64. The Morgan fingerprint density at radius 3 is 2.30 bits per heavy atom. The van der Waals surface area contributed by atoms with Gasteiger partial charge in [-0.25, -0.2) is 21.2 Å². The largest absolute Gasteiger partial charge is 0.497 e. The van der Waals surface area contributed by atoms with E-state index in [-0.39, 0.29) is 46.5 Å². The zero-order chi connectivity index (χ0) is 31.5. The van der Waals surface area contributed by atoms with Crippen LogP contribution in [-0.4, -0.2) is 83.1 Å². The molecule has 0 aromatic heterocycles. The van der Waals surface area contributed by atoms with E-state index in [0.29, 0.717) is 5.75 Å². The molecule has 0 bridgehead atoms. The van der Waals surface area contributed by atoms with Gasteiger partial charge in [0.25, 0.3) is 15.9 Å². The molecule has 0 radical (unpaired) electrons. The number of aliphatic hydroxyl groups is 1. The van der Waals surface area contributed by atoms with Crippen LogP contribution < -0.4 is 14.2 Å². The van der Waals surface area contributed by atoms with Gasteiger partial charge in [-0.1, -0.05) is 13.0 Å². The lowest BCUT2D eigenvalue weighted by Crippen LogP contribution is -2.50. The fraction of sp³-hybridized carbons (Fsp3) is 0.345. The highest BCUT2D eigenvalue weighted by molar-refractivity contribution is 7.92. The summed E-state index contributed by atoms with van der Waals surface area (Å²) in [6.07, 6.45) is -0.852. The van der Waals surface area contributed by atoms with Crippen LogP contribution in [0.15, 0.2) is 76.5 Å². The van der Waals surface area contributed by atoms with Crippen molar-refractivity contribution < 1.29 is 40.6 Å². The highest BCUT2D eigenvalue weighted by atomic mass is 32.2. The average Bonchev–Trinajstić information content (AvgIpc) is 2.98. The van der Waals surface area contributed by atoms with Crippen LogP contribution >= 0.6 is 0 Å². The van der Waals surface area contributed by atoms with Gasteiger partial charge in [0, 0.05) is 19.5 Å². The van der Waals surface area contributed by atoms with Crippen molar-refractivity contribution in [1.82, 2.24) is 9.21 Å². The highest BCUT2D eigenvalue weighted by Crippen LogP contribution is 2.36. The topological polar surface area (TPSA) is 143 Å². The summed E-state index contributed by atoms with van der Waals surface area (Å²) < 4.78 is 81.7. The number of sulfonamides is 2. The van der Waals surface area contributed by atoms with E-state index < -0.39 is 49.8 Å². The third-order valence-corrected chi connectivity index (χ3v) is 10.5. The summed E-state index contributed by atoms with van der Waals surface area (Å²) in [5, 5.41) is 9.90. The molecule has 0 spiro atoms. The summed E-state index contributed by atoms with van der Waals surface area (Å²) in [6, 6.07) is 13.9. The van der Waals surface area contributed by atoms with E-state index in [1.807, 2.05) is 0 Å². The Balaban J connectivity index is 1.74. The van der Waals surface area contributed by atoms with E-state index in [4.69, 9.17) is 9.47 Å². The monoisotopic (exact) mass is 635 g/mol. The van der Waals surface area contributed by atoms with Gasteiger partial charge >= 0.3 is 0 Å². The second-order valence-corrected chi connectivity index (χ2v) is 14.1. The summed E-state index contributed by atoms with van der Waals surface area (Å²) in [4.78, 5) is 15.0. The summed E-state index contributed by atoms with van der Waals surface area (Å²) in [6.45, 7) is 3.10. The number of likely N-dealkylation sites (N-methyl/N-ethyl adjacent to an activating group) is 1. The molecule has 3 aromatic carbocycles. The molecule has 0 fully saturated rings. The minimum atomic E-state index is -4.23. The van der Waals surface area contributed by atoms with Crippen molar-refractivity contribution in [3.8, 4) is 11.5 Å². The number of benzene rings is 3. The predicted molar refractivity (Wildman–Crippen MR) is 158 cm³/mol. The standard InChI is InChI=1S/C29H34FN3O8S2/c1-19-16-33(20(2)18-34)29(35)25-6-5-7-26(31-42(36,37)23-12-8-21(30)9-13-23)28(25)41-27(19)17-32(3)43(38,39)24-14-10-22(40-4)11-15-24/h5-15,19-20,27,31,34H,16-18H2,1-4H3/t19-,20+,27+/m1/s1. The molecule has 1 amide bonds. The number of carbonyl (C=O) groups is 1. The van der Waals surface area contributed by atoms with Gasteiger partial charge in [-0.3, -0.25) is 9.52 Å². The average molecular weight is 636 g/mol. The number of ether oxygens (including phenoxy) is 2. The molecule has 1 aliphatic heterocycles. The summed E-state index contributed by atoms with van der Waals surface area (Å²) in [5.41, 5.74) is -0.0382. The van der Waals surface area contributed by atoms with E-state index in [1.54, 1.807) is 13.8 Å². The maximum Gasteiger partial charge on any atom is 0.262 e. The van der Waals surface area contributed by atoms with Gasteiger partial charge in [-0.05, 0) is 67.6 Å². The van der Waals surface area contributed by atoms with E-state index in [1.165, 1.54) is 61.5 Å². The van der Waals surface area contributed by atoms with E-state index in [2.05, 4.69) is 4.72 Å². The second kappa shape index (κ2) is 12.9.